The summed E-state index contributed by atoms with van der Waals surface area (Å²) >= 11 is 0. The number of oxime groups is 1. The van der Waals surface area contributed by atoms with Crippen molar-refractivity contribution in [2.45, 2.75) is 31.6 Å². The molecule has 1 fully saturated rings. The highest BCUT2D eigenvalue weighted by Gasteiger charge is 2.34. The number of sulfonamides is 1. The maximum absolute atomic E-state index is 12.5. The van der Waals surface area contributed by atoms with Gasteiger partial charge in [0.1, 0.15) is 4.90 Å². The Kier molecular flexibility index (Phi) is 3.91. The molecule has 0 amide bonds. The molecule has 106 valence electrons. The maximum atomic E-state index is 12.5. The molecule has 1 unspecified atom stereocenters. The number of nitrogens with one attached hydrogen (secondary N) is 1. The highest BCUT2D eigenvalue weighted by Crippen LogP contribution is 2.24. The average Bonchev–Trinajstić information content (AvgIpc) is 2.84. The van der Waals surface area contributed by atoms with Gasteiger partial charge in [-0.3, -0.25) is 5.10 Å². The Hall–Kier alpha value is -1.41. The molecule has 1 saturated heterocycles. The maximum Gasteiger partial charge on any atom is 0.246 e. The molecule has 0 radical (unpaired) electrons. The number of H-pyrrole nitrogens is 1. The monoisotopic (exact) mass is 286 g/mol. The van der Waals surface area contributed by atoms with E-state index in [0.29, 0.717) is 30.9 Å². The highest BCUT2D eigenvalue weighted by atomic mass is 32.2. The van der Waals surface area contributed by atoms with Crippen molar-refractivity contribution in [3.8, 4) is 0 Å². The van der Waals surface area contributed by atoms with Crippen LogP contribution in [-0.2, 0) is 10.0 Å². The van der Waals surface area contributed by atoms with E-state index >= 15 is 0 Å². The zero-order valence-electron chi connectivity index (χ0n) is 11.0. The van der Waals surface area contributed by atoms with Gasteiger partial charge in [0.2, 0.25) is 10.0 Å². The van der Waals surface area contributed by atoms with Gasteiger partial charge in [-0.25, -0.2) is 8.42 Å². The van der Waals surface area contributed by atoms with Crippen LogP contribution in [0.2, 0.25) is 0 Å². The van der Waals surface area contributed by atoms with Gasteiger partial charge >= 0.3 is 0 Å². The van der Waals surface area contributed by atoms with Gasteiger partial charge < -0.3 is 5.21 Å². The highest BCUT2D eigenvalue weighted by molar-refractivity contribution is 7.89. The molecule has 1 aromatic heterocycles. The summed E-state index contributed by atoms with van der Waals surface area (Å²) < 4.78 is 26.4. The van der Waals surface area contributed by atoms with Crippen molar-refractivity contribution in [1.29, 1.82) is 0 Å². The SMILES string of the molecule is CCC1CN(S(=O)(=O)c2cn[nH]c2C)CCC1=NO. The van der Waals surface area contributed by atoms with Crippen molar-refractivity contribution in [3.05, 3.63) is 11.9 Å². The number of aromatic amines is 1. The summed E-state index contributed by atoms with van der Waals surface area (Å²) in [7, 11) is -3.52. The van der Waals surface area contributed by atoms with Gasteiger partial charge in [0.15, 0.2) is 0 Å². The number of hydrogen-bond donors (Lipinski definition) is 2. The first-order chi connectivity index (χ1) is 9.00. The Morgan fingerprint density at radius 3 is 2.89 bits per heavy atom. The van der Waals surface area contributed by atoms with Crippen LogP contribution in [0.5, 0.6) is 0 Å². The van der Waals surface area contributed by atoms with Crippen molar-refractivity contribution in [3.63, 3.8) is 0 Å². The van der Waals surface area contributed by atoms with Crippen molar-refractivity contribution in [2.24, 2.45) is 11.1 Å². The molecule has 0 saturated carbocycles. The van der Waals surface area contributed by atoms with E-state index in [1.165, 1.54) is 10.5 Å². The van der Waals surface area contributed by atoms with Crippen LogP contribution < -0.4 is 0 Å². The van der Waals surface area contributed by atoms with Crippen LogP contribution >= 0.6 is 0 Å². The quantitative estimate of drug-likeness (QED) is 0.639. The van der Waals surface area contributed by atoms with Crippen LogP contribution in [0.4, 0.5) is 0 Å². The lowest BCUT2D eigenvalue weighted by Crippen LogP contribution is -2.44. The van der Waals surface area contributed by atoms with Gasteiger partial charge in [0.05, 0.1) is 17.6 Å². The smallest absolute Gasteiger partial charge is 0.246 e. The summed E-state index contributed by atoms with van der Waals surface area (Å²) in [5.74, 6) is -0.0271. The third-order valence-electron chi connectivity index (χ3n) is 3.54. The molecule has 8 heteroatoms. The molecule has 1 aliphatic heterocycles. The summed E-state index contributed by atoms with van der Waals surface area (Å²) in [5, 5.41) is 18.6. The Balaban J connectivity index is 2.26. The second kappa shape index (κ2) is 5.30. The van der Waals surface area contributed by atoms with Crippen LogP contribution in [0, 0.1) is 12.8 Å². The fraction of sp³-hybridized carbons (Fsp3) is 0.636. The summed E-state index contributed by atoms with van der Waals surface area (Å²) in [4.78, 5) is 0.215. The lowest BCUT2D eigenvalue weighted by Gasteiger charge is -2.31. The molecule has 0 bridgehead atoms. The van der Waals surface area contributed by atoms with E-state index in [0.717, 1.165) is 6.42 Å². The van der Waals surface area contributed by atoms with E-state index in [2.05, 4.69) is 15.4 Å². The van der Waals surface area contributed by atoms with Gasteiger partial charge in [0.25, 0.3) is 0 Å². The Bertz CT molecular complexity index is 579. The third-order valence-corrected chi connectivity index (χ3v) is 5.51. The predicted octanol–water partition coefficient (Wildman–Crippen LogP) is 0.969. The molecule has 2 heterocycles. The molecule has 7 nitrogen and oxygen atoms in total. The molecule has 0 spiro atoms. The molecule has 2 N–H and O–H groups in total. The summed E-state index contributed by atoms with van der Waals surface area (Å²) in [6.45, 7) is 4.32. The zero-order valence-corrected chi connectivity index (χ0v) is 11.8. The van der Waals surface area contributed by atoms with Gasteiger partial charge in [0, 0.05) is 25.4 Å². The molecule has 2 rings (SSSR count). The molecule has 19 heavy (non-hydrogen) atoms. The first-order valence-corrected chi connectivity index (χ1v) is 7.65. The Morgan fingerprint density at radius 2 is 2.37 bits per heavy atom. The molecule has 0 aliphatic carbocycles. The number of rotatable bonds is 3. The minimum absolute atomic E-state index is 0.0271. The summed E-state index contributed by atoms with van der Waals surface area (Å²) in [5.41, 5.74) is 1.22. The Morgan fingerprint density at radius 1 is 1.63 bits per heavy atom. The second-order valence-electron chi connectivity index (χ2n) is 4.67. The summed E-state index contributed by atoms with van der Waals surface area (Å²) in [6.07, 6.45) is 2.54. The molecule has 1 atom stereocenters. The predicted molar refractivity (Wildman–Crippen MR) is 69.7 cm³/mol. The van der Waals surface area contributed by atoms with Crippen molar-refractivity contribution < 1.29 is 13.6 Å². The minimum atomic E-state index is -3.52. The van der Waals surface area contributed by atoms with Crippen molar-refractivity contribution in [2.75, 3.05) is 13.1 Å². The lowest BCUT2D eigenvalue weighted by molar-refractivity contribution is 0.295. The molecular formula is C11H18N4O3S. The van der Waals surface area contributed by atoms with E-state index in [9.17, 15) is 8.42 Å². The first kappa shape index (κ1) is 14.0. The molecule has 0 aromatic carbocycles. The number of nitrogens with zero attached hydrogens (tertiary/aromatic N) is 3. The van der Waals surface area contributed by atoms with Crippen LogP contribution in [0.1, 0.15) is 25.5 Å². The van der Waals surface area contributed by atoms with Crippen LogP contribution in [0.15, 0.2) is 16.2 Å². The van der Waals surface area contributed by atoms with E-state index in [4.69, 9.17) is 5.21 Å². The van der Waals surface area contributed by atoms with E-state index in [1.54, 1.807) is 6.92 Å². The summed E-state index contributed by atoms with van der Waals surface area (Å²) in [6, 6.07) is 0. The first-order valence-electron chi connectivity index (χ1n) is 6.21. The second-order valence-corrected chi connectivity index (χ2v) is 6.58. The number of hydrogen-bond acceptors (Lipinski definition) is 5. The van der Waals surface area contributed by atoms with E-state index in [-0.39, 0.29) is 10.8 Å². The van der Waals surface area contributed by atoms with Gasteiger partial charge in [-0.15, -0.1) is 0 Å². The van der Waals surface area contributed by atoms with E-state index < -0.39 is 10.0 Å². The number of piperidine rings is 1. The zero-order chi connectivity index (χ0) is 14.0. The molecule has 1 aliphatic rings. The number of aromatic nitrogens is 2. The lowest BCUT2D eigenvalue weighted by atomic mass is 9.95. The average molecular weight is 286 g/mol. The van der Waals surface area contributed by atoms with Gasteiger partial charge in [-0.05, 0) is 13.3 Å². The fourth-order valence-corrected chi connectivity index (χ4v) is 3.94. The Labute approximate surface area is 112 Å². The van der Waals surface area contributed by atoms with Gasteiger partial charge in [-0.2, -0.15) is 9.40 Å². The van der Waals surface area contributed by atoms with E-state index in [1.807, 2.05) is 6.92 Å². The van der Waals surface area contributed by atoms with Crippen molar-refractivity contribution in [1.82, 2.24) is 14.5 Å². The van der Waals surface area contributed by atoms with Crippen LogP contribution in [0.25, 0.3) is 0 Å². The fourth-order valence-electron chi connectivity index (χ4n) is 2.34. The standard InChI is InChI=1S/C11H18N4O3S/c1-3-9-7-15(5-4-10(9)14-16)19(17,18)11-6-12-13-8(11)2/h6,9,16H,3-5,7H2,1-2H3,(H,12,13). The molecular weight excluding hydrogens is 268 g/mol. The minimum Gasteiger partial charge on any atom is -0.411 e. The third kappa shape index (κ3) is 2.50. The normalized spacial score (nSPS) is 23.9. The van der Waals surface area contributed by atoms with Crippen molar-refractivity contribution >= 4 is 15.7 Å². The largest absolute Gasteiger partial charge is 0.411 e. The topological polar surface area (TPSA) is 98.7 Å². The molecule has 1 aromatic rings. The van der Waals surface area contributed by atoms with Crippen LogP contribution in [0.3, 0.4) is 0 Å². The number of aryl methyl sites for hydroxylation is 1. The van der Waals surface area contributed by atoms with Crippen LogP contribution in [-0.4, -0.2) is 46.9 Å². The van der Waals surface area contributed by atoms with Gasteiger partial charge in [-0.1, -0.05) is 12.1 Å².